The zero-order chi connectivity index (χ0) is 48.4. The molecule has 72 heavy (non-hydrogen) atoms. The fraction of sp³-hybridized carbons (Fsp3) is 0.0159. The normalized spacial score (nSPS) is 12.1. The van der Waals surface area contributed by atoms with Crippen LogP contribution in [0, 0.1) is 13.1 Å². The van der Waals surface area contributed by atoms with Crippen molar-refractivity contribution >= 4 is 98.6 Å². The molecule has 4 heterocycles. The molecule has 0 atom stereocenters. The molecule has 0 bridgehead atoms. The van der Waals surface area contributed by atoms with Crippen LogP contribution in [0.3, 0.4) is 0 Å². The number of rotatable bonds is 5. The molecule has 0 amide bonds. The van der Waals surface area contributed by atoms with Gasteiger partial charge in [-0.15, -0.1) is 0 Å². The maximum absolute atomic E-state index is 15.3. The van der Waals surface area contributed by atoms with Gasteiger partial charge in [0.1, 0.15) is 0 Å². The van der Waals surface area contributed by atoms with E-state index < -0.39 is 11.7 Å². The average molecular weight is 933 g/mol. The Morgan fingerprint density at radius 2 is 0.667 bits per heavy atom. The number of fused-ring (bicyclic) bond motifs is 12. The summed E-state index contributed by atoms with van der Waals surface area (Å²) in [5, 5.41) is 8.27. The second kappa shape index (κ2) is 15.3. The first-order valence-corrected chi connectivity index (χ1v) is 23.5. The van der Waals surface area contributed by atoms with Gasteiger partial charge in [-0.2, -0.15) is 13.2 Å². The lowest BCUT2D eigenvalue weighted by atomic mass is 9.94. The third-order valence-electron chi connectivity index (χ3n) is 14.4. The molecule has 0 saturated heterocycles. The molecule has 0 aliphatic carbocycles. The Labute approximate surface area is 409 Å². The third kappa shape index (κ3) is 5.83. The van der Waals surface area contributed by atoms with E-state index in [1.54, 1.807) is 12.1 Å². The van der Waals surface area contributed by atoms with Gasteiger partial charge in [-0.3, -0.25) is 0 Å². The molecule has 0 unspecified atom stereocenters. The Kier molecular flexibility index (Phi) is 8.77. The van der Waals surface area contributed by atoms with Crippen molar-refractivity contribution < 1.29 is 13.2 Å². The van der Waals surface area contributed by atoms with E-state index in [2.05, 4.69) is 137 Å². The topological polar surface area (TPSA) is 28.4 Å². The van der Waals surface area contributed by atoms with Crippen molar-refractivity contribution in [2.75, 3.05) is 0 Å². The molecule has 0 spiro atoms. The van der Waals surface area contributed by atoms with Crippen LogP contribution in [-0.4, -0.2) is 18.3 Å². The lowest BCUT2D eigenvalue weighted by Crippen LogP contribution is -2.08. The monoisotopic (exact) mass is 932 g/mol. The molecular weight excluding hydrogens is 898 g/mol. The second-order valence-electron chi connectivity index (χ2n) is 18.1. The van der Waals surface area contributed by atoms with E-state index in [1.165, 1.54) is 12.1 Å². The van der Waals surface area contributed by atoms with E-state index in [4.69, 9.17) is 13.1 Å². The highest BCUT2D eigenvalue weighted by Crippen LogP contribution is 2.49. The Hall–Kier alpha value is -9.83. The maximum Gasteiger partial charge on any atom is 0.415 e. The van der Waals surface area contributed by atoms with Gasteiger partial charge in [0.25, 0.3) is 0 Å². The molecule has 0 fully saturated rings. The Balaban J connectivity index is 1.14. The van der Waals surface area contributed by atoms with Crippen LogP contribution in [0.15, 0.2) is 212 Å². The molecule has 0 aliphatic heterocycles. The first kappa shape index (κ1) is 41.2. The van der Waals surface area contributed by atoms with Gasteiger partial charge < -0.3 is 18.3 Å². The van der Waals surface area contributed by atoms with Gasteiger partial charge in [-0.25, -0.2) is 9.69 Å². The number of alkyl halides is 3. The first-order chi connectivity index (χ1) is 35.3. The number of aromatic nitrogens is 4. The van der Waals surface area contributed by atoms with E-state index in [9.17, 15) is 0 Å². The second-order valence-corrected chi connectivity index (χ2v) is 18.1. The standard InChI is InChI=1S/C63H35F3N6/c1-67-50-23-15-22-49(63(64,65)66)62(50)48-36-60(71-56-28-13-7-20-44(56)46-32-30-38(34-58(46)71)69-52-24-9-3-16-40(52)41-17-4-10-25-53(41)69)61(37-51(48)68-2)72-57-29-14-8-21-45(57)47-33-31-39(35-59(47)72)70-54-26-11-5-18-42(54)43-19-6-12-27-55(43)70/h3-37H. The van der Waals surface area contributed by atoms with Gasteiger partial charge in [-0.05, 0) is 83.9 Å². The molecule has 10 aromatic carbocycles. The van der Waals surface area contributed by atoms with Crippen molar-refractivity contribution in [1.82, 2.24) is 18.3 Å². The molecule has 338 valence electrons. The fourth-order valence-electron chi connectivity index (χ4n) is 11.5. The van der Waals surface area contributed by atoms with E-state index >= 15 is 13.2 Å². The number of halogens is 3. The minimum absolute atomic E-state index is 0.0129. The van der Waals surface area contributed by atoms with Crippen LogP contribution in [0.1, 0.15) is 5.56 Å². The van der Waals surface area contributed by atoms with Crippen LogP contribution in [-0.2, 0) is 6.18 Å². The van der Waals surface area contributed by atoms with Gasteiger partial charge in [0, 0.05) is 54.5 Å². The number of benzene rings is 10. The third-order valence-corrected chi connectivity index (χ3v) is 14.4. The molecule has 0 radical (unpaired) electrons. The summed E-state index contributed by atoms with van der Waals surface area (Å²) < 4.78 is 54.7. The van der Waals surface area contributed by atoms with Crippen LogP contribution in [0.4, 0.5) is 24.5 Å². The molecular formula is C63H35F3N6. The molecule has 9 heteroatoms. The zero-order valence-electron chi connectivity index (χ0n) is 38.0. The predicted octanol–water partition coefficient (Wildman–Crippen LogP) is 17.9. The van der Waals surface area contributed by atoms with Crippen LogP contribution in [0.25, 0.3) is 131 Å². The molecule has 14 aromatic rings. The fourth-order valence-corrected chi connectivity index (χ4v) is 11.5. The molecule has 0 saturated carbocycles. The molecule has 0 aliphatic rings. The molecule has 0 N–H and O–H groups in total. The van der Waals surface area contributed by atoms with E-state index in [0.29, 0.717) is 11.4 Å². The van der Waals surface area contributed by atoms with E-state index in [-0.39, 0.29) is 22.5 Å². The smallest absolute Gasteiger partial charge is 0.309 e. The lowest BCUT2D eigenvalue weighted by molar-refractivity contribution is -0.137. The number of hydrogen-bond donors (Lipinski definition) is 0. The Morgan fingerprint density at radius 1 is 0.319 bits per heavy atom. The maximum atomic E-state index is 15.3. The van der Waals surface area contributed by atoms with Gasteiger partial charge >= 0.3 is 6.18 Å². The average Bonchev–Trinajstić information content (AvgIpc) is 4.14. The minimum atomic E-state index is -4.83. The summed E-state index contributed by atoms with van der Waals surface area (Å²) in [6.45, 7) is 16.9. The van der Waals surface area contributed by atoms with Gasteiger partial charge in [-0.1, -0.05) is 140 Å². The minimum Gasteiger partial charge on any atom is -0.309 e. The van der Waals surface area contributed by atoms with E-state index in [0.717, 1.165) is 105 Å². The van der Waals surface area contributed by atoms with Crippen LogP contribution in [0.2, 0.25) is 0 Å². The Bertz CT molecular complexity index is 4610. The largest absolute Gasteiger partial charge is 0.415 e. The summed E-state index contributed by atoms with van der Waals surface area (Å²) in [6.07, 6.45) is -4.83. The summed E-state index contributed by atoms with van der Waals surface area (Å²) in [4.78, 5) is 7.65. The van der Waals surface area contributed by atoms with Crippen LogP contribution >= 0.6 is 0 Å². The van der Waals surface area contributed by atoms with E-state index in [1.807, 2.05) is 72.8 Å². The number of para-hydroxylation sites is 6. The Morgan fingerprint density at radius 3 is 1.04 bits per heavy atom. The first-order valence-electron chi connectivity index (χ1n) is 23.5. The summed E-state index contributed by atoms with van der Waals surface area (Å²) in [7, 11) is 0. The highest BCUT2D eigenvalue weighted by Gasteiger charge is 2.36. The molecule has 14 rings (SSSR count). The summed E-state index contributed by atoms with van der Waals surface area (Å²) in [5.41, 5.74) is 8.86. The summed E-state index contributed by atoms with van der Waals surface area (Å²) >= 11 is 0. The number of nitrogens with zero attached hydrogens (tertiary/aromatic N) is 6. The lowest BCUT2D eigenvalue weighted by Gasteiger charge is -2.22. The van der Waals surface area contributed by atoms with Gasteiger partial charge in [0.05, 0.1) is 74.2 Å². The van der Waals surface area contributed by atoms with Gasteiger partial charge in [0.2, 0.25) is 0 Å². The van der Waals surface area contributed by atoms with Crippen molar-refractivity contribution in [2.45, 2.75) is 6.18 Å². The van der Waals surface area contributed by atoms with Crippen molar-refractivity contribution in [3.63, 3.8) is 0 Å². The van der Waals surface area contributed by atoms with Crippen LogP contribution < -0.4 is 0 Å². The quantitative estimate of drug-likeness (QED) is 0.154. The number of hydrogen-bond acceptors (Lipinski definition) is 0. The predicted molar refractivity (Wildman–Crippen MR) is 287 cm³/mol. The van der Waals surface area contributed by atoms with Crippen molar-refractivity contribution in [3.05, 3.63) is 241 Å². The zero-order valence-corrected chi connectivity index (χ0v) is 38.0. The summed E-state index contributed by atoms with van der Waals surface area (Å²) in [6, 6.07) is 69.4. The molecule has 4 aromatic heterocycles. The van der Waals surface area contributed by atoms with Crippen molar-refractivity contribution in [1.29, 1.82) is 0 Å². The SMILES string of the molecule is [C-]#[N+]c1cc(-n2c3ccccc3c3ccc(-n4c5ccccc5c5ccccc54)cc32)c(-n2c3ccccc3c3ccc(-n4c5ccccc5c5ccccc54)cc32)cc1-c1c([N+]#[C-])cccc1C(F)(F)F. The van der Waals surface area contributed by atoms with Crippen molar-refractivity contribution in [2.24, 2.45) is 0 Å². The van der Waals surface area contributed by atoms with Gasteiger partial charge in [0.15, 0.2) is 11.4 Å². The highest BCUT2D eigenvalue weighted by molar-refractivity contribution is 6.15. The summed E-state index contributed by atoms with van der Waals surface area (Å²) in [5.74, 6) is 0. The molecule has 6 nitrogen and oxygen atoms in total. The van der Waals surface area contributed by atoms with Crippen LogP contribution in [0.5, 0.6) is 0 Å². The highest BCUT2D eigenvalue weighted by atomic mass is 19.4. The van der Waals surface area contributed by atoms with Crippen molar-refractivity contribution in [3.8, 4) is 33.9 Å².